The third kappa shape index (κ3) is 3.74. The molecule has 0 amide bonds. The van der Waals surface area contributed by atoms with Gasteiger partial charge in [0.25, 0.3) is 0 Å². The second kappa shape index (κ2) is 9.75. The minimum Gasteiger partial charge on any atom is -0.551 e. The van der Waals surface area contributed by atoms with Gasteiger partial charge in [-0.05, 0) is 64.2 Å². The Bertz CT molecular complexity index is 2440. The van der Waals surface area contributed by atoms with Crippen LogP contribution in [-0.4, -0.2) is 11.5 Å². The molecule has 4 heteroatoms. The summed E-state index contributed by atoms with van der Waals surface area (Å²) in [5.41, 5.74) is 12.4. The fourth-order valence-corrected chi connectivity index (χ4v) is 7.36. The molecule has 0 atom stereocenters. The molecule has 2 aliphatic heterocycles. The number of benzene rings is 7. The van der Waals surface area contributed by atoms with Crippen LogP contribution in [0.2, 0.25) is 0 Å². The van der Waals surface area contributed by atoms with Crippen LogP contribution in [0.5, 0.6) is 17.2 Å². The lowest BCUT2D eigenvalue weighted by atomic mass is 9.51. The van der Waals surface area contributed by atoms with Gasteiger partial charge in [0.15, 0.2) is 0 Å². The average Bonchev–Trinajstić information content (AvgIpc) is 3.46. The summed E-state index contributed by atoms with van der Waals surface area (Å²) < 4.78 is 15.9. The minimum absolute atomic E-state index is 0.263. The minimum atomic E-state index is -0.263. The Kier molecular flexibility index (Phi) is 5.37. The van der Waals surface area contributed by atoms with Crippen LogP contribution in [0.3, 0.4) is 0 Å². The highest BCUT2D eigenvalue weighted by molar-refractivity contribution is 6.84. The van der Waals surface area contributed by atoms with Gasteiger partial charge in [-0.2, -0.15) is 0 Å². The molecule has 0 unspecified atom stereocenters. The largest absolute Gasteiger partial charge is 0.551 e. The summed E-state index contributed by atoms with van der Waals surface area (Å²) in [6.45, 7) is -0.263. The van der Waals surface area contributed by atoms with Crippen molar-refractivity contribution in [2.24, 2.45) is 0 Å². The SMILES string of the molecule is c1ccc(-c2cccc(-c3ccc4c(c3)OB3c5ccccc5Oc5cc(-n6c7ccccc7c7ccccc76)cc-4c53)c2)cc1. The van der Waals surface area contributed by atoms with Crippen LogP contribution in [0.25, 0.3) is 60.9 Å². The monoisotopic (exact) mass is 587 g/mol. The summed E-state index contributed by atoms with van der Waals surface area (Å²) in [6.07, 6.45) is 0. The maximum absolute atomic E-state index is 6.93. The number of hydrogen-bond donors (Lipinski definition) is 0. The number of fused-ring (bicyclic) bond motifs is 7. The molecule has 0 spiro atoms. The molecule has 46 heavy (non-hydrogen) atoms. The van der Waals surface area contributed by atoms with Crippen LogP contribution in [0.15, 0.2) is 158 Å². The second-order valence-corrected chi connectivity index (χ2v) is 12.1. The van der Waals surface area contributed by atoms with Crippen LogP contribution < -0.4 is 20.3 Å². The number of hydrogen-bond acceptors (Lipinski definition) is 2. The van der Waals surface area contributed by atoms with Gasteiger partial charge in [0.1, 0.15) is 17.2 Å². The van der Waals surface area contributed by atoms with E-state index in [1.165, 1.54) is 32.9 Å². The van der Waals surface area contributed by atoms with Gasteiger partial charge in [-0.15, -0.1) is 0 Å². The van der Waals surface area contributed by atoms with Crippen molar-refractivity contribution >= 4 is 39.6 Å². The summed E-state index contributed by atoms with van der Waals surface area (Å²) >= 11 is 0. The van der Waals surface area contributed by atoms with Gasteiger partial charge in [-0.25, -0.2) is 0 Å². The van der Waals surface area contributed by atoms with Gasteiger partial charge in [-0.3, -0.25) is 0 Å². The molecule has 0 saturated heterocycles. The van der Waals surface area contributed by atoms with Crippen molar-refractivity contribution < 1.29 is 9.39 Å². The second-order valence-electron chi connectivity index (χ2n) is 12.1. The first-order valence-electron chi connectivity index (χ1n) is 15.7. The van der Waals surface area contributed by atoms with Crippen LogP contribution in [0.1, 0.15) is 0 Å². The van der Waals surface area contributed by atoms with Crippen molar-refractivity contribution in [3.63, 3.8) is 0 Å². The number of para-hydroxylation sites is 3. The van der Waals surface area contributed by atoms with E-state index in [9.17, 15) is 0 Å². The third-order valence-corrected chi connectivity index (χ3v) is 9.47. The number of rotatable bonds is 3. The molecule has 10 rings (SSSR count). The molecule has 0 N–H and O–H groups in total. The number of aromatic nitrogens is 1. The van der Waals surface area contributed by atoms with Crippen molar-refractivity contribution in [3.8, 4) is 56.3 Å². The molecule has 2 aliphatic rings. The van der Waals surface area contributed by atoms with Gasteiger partial charge in [0, 0.05) is 33.3 Å². The molecule has 0 saturated carbocycles. The highest BCUT2D eigenvalue weighted by atomic mass is 16.5. The molecule has 0 radical (unpaired) electrons. The summed E-state index contributed by atoms with van der Waals surface area (Å²) in [6, 6.07) is 55.9. The first-order chi connectivity index (χ1) is 22.8. The maximum atomic E-state index is 6.93. The molecule has 3 heterocycles. The van der Waals surface area contributed by atoms with E-state index in [1.807, 2.05) is 12.1 Å². The van der Waals surface area contributed by atoms with E-state index >= 15 is 0 Å². The Morgan fingerprint density at radius 1 is 0.435 bits per heavy atom. The predicted octanol–water partition coefficient (Wildman–Crippen LogP) is 9.39. The summed E-state index contributed by atoms with van der Waals surface area (Å²) in [7, 11) is 0. The van der Waals surface area contributed by atoms with E-state index in [4.69, 9.17) is 9.39 Å². The van der Waals surface area contributed by atoms with Gasteiger partial charge >= 0.3 is 6.92 Å². The van der Waals surface area contributed by atoms with Gasteiger partial charge in [0.05, 0.1) is 16.7 Å². The van der Waals surface area contributed by atoms with E-state index < -0.39 is 0 Å². The highest BCUT2D eigenvalue weighted by Gasteiger charge is 2.41. The molecule has 8 aromatic rings. The zero-order valence-electron chi connectivity index (χ0n) is 24.9. The molecule has 0 aliphatic carbocycles. The maximum Gasteiger partial charge on any atom is 0.434 e. The summed E-state index contributed by atoms with van der Waals surface area (Å²) in [5, 5.41) is 2.47. The molecular weight excluding hydrogens is 561 g/mol. The van der Waals surface area contributed by atoms with Crippen molar-refractivity contribution in [1.82, 2.24) is 4.57 Å². The lowest BCUT2D eigenvalue weighted by Gasteiger charge is -2.33. The molecule has 0 bridgehead atoms. The Balaban J connectivity index is 1.19. The Morgan fingerprint density at radius 3 is 1.89 bits per heavy atom. The van der Waals surface area contributed by atoms with Crippen molar-refractivity contribution in [2.75, 3.05) is 0 Å². The fourth-order valence-electron chi connectivity index (χ4n) is 7.36. The van der Waals surface area contributed by atoms with Crippen LogP contribution >= 0.6 is 0 Å². The zero-order chi connectivity index (χ0) is 30.2. The van der Waals surface area contributed by atoms with Crippen molar-refractivity contribution in [1.29, 1.82) is 0 Å². The van der Waals surface area contributed by atoms with Crippen LogP contribution in [0.4, 0.5) is 0 Å². The first-order valence-corrected chi connectivity index (χ1v) is 15.7. The Morgan fingerprint density at radius 2 is 1.09 bits per heavy atom. The first kappa shape index (κ1) is 25.3. The lowest BCUT2D eigenvalue weighted by Crippen LogP contribution is -2.53. The third-order valence-electron chi connectivity index (χ3n) is 9.47. The molecule has 1 aromatic heterocycles. The number of nitrogens with zero attached hydrogens (tertiary/aromatic N) is 1. The van der Waals surface area contributed by atoms with Gasteiger partial charge in [-0.1, -0.05) is 115 Å². The smallest absolute Gasteiger partial charge is 0.434 e. The van der Waals surface area contributed by atoms with E-state index in [0.29, 0.717) is 0 Å². The standard InChI is InChI=1S/C42H26BNO2/c1-2-11-27(12-3-1)28-13-10-14-29(23-28)30-21-22-34-35-25-31(44-37-18-7-4-15-32(37)33-16-5-8-19-38(33)44)26-41-42(35)43(46-40(34)24-30)36-17-6-9-20-39(36)45-41/h1-26H. The van der Waals surface area contributed by atoms with Crippen molar-refractivity contribution in [3.05, 3.63) is 158 Å². The van der Waals surface area contributed by atoms with Gasteiger partial charge < -0.3 is 14.0 Å². The average molecular weight is 587 g/mol. The van der Waals surface area contributed by atoms with Crippen LogP contribution in [-0.2, 0) is 0 Å². The molecular formula is C42H26BNO2. The quantitative estimate of drug-likeness (QED) is 0.192. The molecule has 0 fully saturated rings. The zero-order valence-corrected chi connectivity index (χ0v) is 24.9. The molecule has 3 nitrogen and oxygen atoms in total. The van der Waals surface area contributed by atoms with E-state index in [1.54, 1.807) is 0 Å². The molecule has 214 valence electrons. The summed E-state index contributed by atoms with van der Waals surface area (Å²) in [5.74, 6) is 2.55. The van der Waals surface area contributed by atoms with Crippen molar-refractivity contribution in [2.45, 2.75) is 0 Å². The van der Waals surface area contributed by atoms with Gasteiger partial charge in [0.2, 0.25) is 0 Å². The normalized spacial score (nSPS) is 12.7. The number of ether oxygens (including phenoxy) is 1. The Labute approximate surface area is 267 Å². The fraction of sp³-hybridized carbons (Fsp3) is 0. The van der Waals surface area contributed by atoms with Crippen LogP contribution in [0, 0.1) is 0 Å². The topological polar surface area (TPSA) is 23.4 Å². The molecule has 7 aromatic carbocycles. The lowest BCUT2D eigenvalue weighted by molar-refractivity contribution is 0.479. The predicted molar refractivity (Wildman–Crippen MR) is 189 cm³/mol. The Hall–Kier alpha value is -6.00. The highest BCUT2D eigenvalue weighted by Crippen LogP contribution is 2.43. The summed E-state index contributed by atoms with van der Waals surface area (Å²) in [4.78, 5) is 0. The van der Waals surface area contributed by atoms with E-state index in [0.717, 1.165) is 56.1 Å². The van der Waals surface area contributed by atoms with E-state index in [2.05, 4.69) is 150 Å². The van der Waals surface area contributed by atoms with E-state index in [-0.39, 0.29) is 6.92 Å².